The van der Waals surface area contributed by atoms with Crippen LogP contribution in [0.1, 0.15) is 47.8 Å². The third-order valence-corrected chi connectivity index (χ3v) is 6.92. The molecule has 0 spiro atoms. The molecule has 5 nitrogen and oxygen atoms in total. The highest BCUT2D eigenvalue weighted by atomic mass is 32.2. The van der Waals surface area contributed by atoms with E-state index in [0.717, 1.165) is 51.3 Å². The van der Waals surface area contributed by atoms with Crippen molar-refractivity contribution >= 4 is 29.0 Å². The third-order valence-electron chi connectivity index (χ3n) is 6.01. The predicted octanol–water partition coefficient (Wildman–Crippen LogP) is 6.64. The molecular weight excluding hydrogens is 444 g/mol. The SMILES string of the molecule is Cc1ccc(C(C)C)c(OCCN2C(=O)S/C(=C\c3cc(C)n(-c4ccccc4)c3C)C2=O)c1. The van der Waals surface area contributed by atoms with Crippen LogP contribution in [0.15, 0.2) is 59.5 Å². The van der Waals surface area contributed by atoms with Crippen molar-refractivity contribution < 1.29 is 14.3 Å². The highest BCUT2D eigenvalue weighted by molar-refractivity contribution is 8.18. The van der Waals surface area contributed by atoms with Crippen LogP contribution in [-0.4, -0.2) is 33.8 Å². The van der Waals surface area contributed by atoms with E-state index in [-0.39, 0.29) is 24.3 Å². The number of amides is 2. The van der Waals surface area contributed by atoms with E-state index in [1.165, 1.54) is 4.90 Å². The molecule has 0 unspecified atom stereocenters. The lowest BCUT2D eigenvalue weighted by Crippen LogP contribution is -2.32. The zero-order chi connectivity index (χ0) is 24.4. The standard InChI is InChI=1S/C28H30N2O3S/c1-18(2)24-12-11-19(3)15-25(24)33-14-13-29-27(31)26(34-28(29)32)17-22-16-20(4)30(21(22)5)23-9-7-6-8-10-23/h6-12,15-18H,13-14H2,1-5H3/b26-17-. The van der Waals surface area contributed by atoms with Crippen LogP contribution < -0.4 is 4.74 Å². The second-order valence-electron chi connectivity index (χ2n) is 8.88. The Morgan fingerprint density at radius 2 is 1.74 bits per heavy atom. The summed E-state index contributed by atoms with van der Waals surface area (Å²) in [5.41, 5.74) is 6.33. The molecule has 2 heterocycles. The van der Waals surface area contributed by atoms with Gasteiger partial charge in [0.05, 0.1) is 11.4 Å². The van der Waals surface area contributed by atoms with Gasteiger partial charge in [-0.05, 0) is 85.5 Å². The van der Waals surface area contributed by atoms with Gasteiger partial charge < -0.3 is 9.30 Å². The molecule has 0 saturated carbocycles. The van der Waals surface area contributed by atoms with Gasteiger partial charge in [0.2, 0.25) is 0 Å². The molecular formula is C28H30N2O3S. The molecule has 0 atom stereocenters. The van der Waals surface area contributed by atoms with Crippen molar-refractivity contribution in [1.82, 2.24) is 9.47 Å². The minimum atomic E-state index is -0.267. The molecule has 3 aromatic rings. The van der Waals surface area contributed by atoms with Crippen LogP contribution in [0.3, 0.4) is 0 Å². The van der Waals surface area contributed by atoms with Crippen molar-refractivity contribution in [3.63, 3.8) is 0 Å². The molecule has 2 amide bonds. The van der Waals surface area contributed by atoms with Crippen molar-refractivity contribution in [2.45, 2.75) is 40.5 Å². The van der Waals surface area contributed by atoms with Gasteiger partial charge in [0, 0.05) is 17.1 Å². The highest BCUT2D eigenvalue weighted by Crippen LogP contribution is 2.34. The van der Waals surface area contributed by atoms with E-state index >= 15 is 0 Å². The van der Waals surface area contributed by atoms with Crippen molar-refractivity contribution in [2.24, 2.45) is 0 Å². The summed E-state index contributed by atoms with van der Waals surface area (Å²) in [5.74, 6) is 0.868. The van der Waals surface area contributed by atoms with Gasteiger partial charge in [-0.25, -0.2) is 0 Å². The summed E-state index contributed by atoms with van der Waals surface area (Å²) in [6.45, 7) is 10.8. The van der Waals surface area contributed by atoms with Gasteiger partial charge in [0.15, 0.2) is 0 Å². The molecule has 0 aliphatic carbocycles. The van der Waals surface area contributed by atoms with Gasteiger partial charge in [0.1, 0.15) is 12.4 Å². The summed E-state index contributed by atoms with van der Waals surface area (Å²) >= 11 is 0.987. The minimum Gasteiger partial charge on any atom is -0.491 e. The van der Waals surface area contributed by atoms with E-state index in [2.05, 4.69) is 42.7 Å². The maximum Gasteiger partial charge on any atom is 0.293 e. The number of thioether (sulfide) groups is 1. The third kappa shape index (κ3) is 4.82. The average molecular weight is 475 g/mol. The molecule has 176 valence electrons. The van der Waals surface area contributed by atoms with E-state index in [1.807, 2.05) is 57.2 Å². The first-order valence-electron chi connectivity index (χ1n) is 11.5. The fourth-order valence-corrected chi connectivity index (χ4v) is 5.09. The normalized spacial score (nSPS) is 15.1. The zero-order valence-corrected chi connectivity index (χ0v) is 21.1. The largest absolute Gasteiger partial charge is 0.491 e. The molecule has 1 aromatic heterocycles. The summed E-state index contributed by atoms with van der Waals surface area (Å²) in [6, 6.07) is 18.3. The monoisotopic (exact) mass is 474 g/mol. The Balaban J connectivity index is 1.48. The van der Waals surface area contributed by atoms with Gasteiger partial charge in [-0.2, -0.15) is 0 Å². The van der Waals surface area contributed by atoms with Crippen molar-refractivity contribution in [3.05, 3.63) is 87.6 Å². The van der Waals surface area contributed by atoms with Gasteiger partial charge >= 0.3 is 0 Å². The predicted molar refractivity (Wildman–Crippen MR) is 139 cm³/mol. The Hall–Kier alpha value is -3.25. The molecule has 0 N–H and O–H groups in total. The summed E-state index contributed by atoms with van der Waals surface area (Å²) in [6.07, 6.45) is 1.82. The minimum absolute atomic E-state index is 0.219. The molecule has 6 heteroatoms. The number of para-hydroxylation sites is 1. The van der Waals surface area contributed by atoms with E-state index in [9.17, 15) is 9.59 Å². The first-order chi connectivity index (χ1) is 16.3. The summed E-state index contributed by atoms with van der Waals surface area (Å²) in [5, 5.41) is -0.259. The molecule has 2 aromatic carbocycles. The number of aryl methyl sites for hydroxylation is 2. The van der Waals surface area contributed by atoms with Crippen LogP contribution in [0.2, 0.25) is 0 Å². The molecule has 34 heavy (non-hydrogen) atoms. The lowest BCUT2D eigenvalue weighted by Gasteiger charge is -2.17. The molecule has 1 aliphatic rings. The first-order valence-corrected chi connectivity index (χ1v) is 12.3. The molecule has 1 fully saturated rings. The quantitative estimate of drug-likeness (QED) is 0.360. The fraction of sp³-hybridized carbons (Fsp3) is 0.286. The molecule has 4 rings (SSSR count). The second kappa shape index (κ2) is 9.94. The number of ether oxygens (including phenoxy) is 1. The number of imide groups is 1. The van der Waals surface area contributed by atoms with Crippen molar-refractivity contribution in [2.75, 3.05) is 13.2 Å². The lowest BCUT2D eigenvalue weighted by atomic mass is 10.0. The van der Waals surface area contributed by atoms with Crippen LogP contribution in [0.4, 0.5) is 4.79 Å². The van der Waals surface area contributed by atoms with Gasteiger partial charge in [-0.1, -0.05) is 44.2 Å². The highest BCUT2D eigenvalue weighted by Gasteiger charge is 2.35. The van der Waals surface area contributed by atoms with Gasteiger partial charge in [-0.3, -0.25) is 14.5 Å². The summed E-state index contributed by atoms with van der Waals surface area (Å²) in [7, 11) is 0. The maximum absolute atomic E-state index is 13.0. The Kier molecular flexibility index (Phi) is 6.98. The van der Waals surface area contributed by atoms with Gasteiger partial charge in [-0.15, -0.1) is 0 Å². The van der Waals surface area contributed by atoms with Crippen LogP contribution in [-0.2, 0) is 4.79 Å². The second-order valence-corrected chi connectivity index (χ2v) is 9.87. The smallest absolute Gasteiger partial charge is 0.293 e. The van der Waals surface area contributed by atoms with Crippen LogP contribution in [0.25, 0.3) is 11.8 Å². The number of carbonyl (C=O) groups is 2. The van der Waals surface area contributed by atoms with E-state index in [1.54, 1.807) is 0 Å². The van der Waals surface area contributed by atoms with E-state index < -0.39 is 0 Å². The summed E-state index contributed by atoms with van der Waals surface area (Å²) < 4.78 is 8.15. The number of aromatic nitrogens is 1. The van der Waals surface area contributed by atoms with Crippen molar-refractivity contribution in [1.29, 1.82) is 0 Å². The number of hydrogen-bond acceptors (Lipinski definition) is 4. The van der Waals surface area contributed by atoms with E-state index in [0.29, 0.717) is 10.8 Å². The fourth-order valence-electron chi connectivity index (χ4n) is 4.23. The number of hydrogen-bond donors (Lipinski definition) is 0. The van der Waals surface area contributed by atoms with E-state index in [4.69, 9.17) is 4.74 Å². The van der Waals surface area contributed by atoms with Crippen LogP contribution in [0, 0.1) is 20.8 Å². The number of carbonyl (C=O) groups excluding carboxylic acids is 2. The summed E-state index contributed by atoms with van der Waals surface area (Å²) in [4.78, 5) is 27.3. The molecule has 1 saturated heterocycles. The average Bonchev–Trinajstić information content (AvgIpc) is 3.23. The Labute approximate surface area is 205 Å². The maximum atomic E-state index is 13.0. The number of nitrogens with zero attached hydrogens (tertiary/aromatic N) is 2. The lowest BCUT2D eigenvalue weighted by molar-refractivity contribution is -0.123. The number of rotatable bonds is 7. The molecule has 0 radical (unpaired) electrons. The molecule has 0 bridgehead atoms. The van der Waals surface area contributed by atoms with Crippen LogP contribution >= 0.6 is 11.8 Å². The van der Waals surface area contributed by atoms with Crippen molar-refractivity contribution in [3.8, 4) is 11.4 Å². The Morgan fingerprint density at radius 3 is 2.44 bits per heavy atom. The first kappa shape index (κ1) is 23.9. The Morgan fingerprint density at radius 1 is 1.00 bits per heavy atom. The number of benzene rings is 2. The topological polar surface area (TPSA) is 51.5 Å². The Bertz CT molecular complexity index is 1260. The van der Waals surface area contributed by atoms with Crippen LogP contribution in [0.5, 0.6) is 5.75 Å². The zero-order valence-electron chi connectivity index (χ0n) is 20.3. The van der Waals surface area contributed by atoms with Gasteiger partial charge in [0.25, 0.3) is 11.1 Å². The molecule has 1 aliphatic heterocycles.